The highest BCUT2D eigenvalue weighted by Gasteiger charge is 2.45. The van der Waals surface area contributed by atoms with E-state index in [2.05, 4.69) is 14.7 Å². The maximum atomic E-state index is 12.1. The average Bonchev–Trinajstić information content (AvgIpc) is 2.91. The zero-order valence-electron chi connectivity index (χ0n) is 14.7. The maximum Gasteiger partial charge on any atom is 0.309 e. The van der Waals surface area contributed by atoms with E-state index in [4.69, 9.17) is 26.8 Å². The summed E-state index contributed by atoms with van der Waals surface area (Å²) in [6.45, 7) is 0.819. The summed E-state index contributed by atoms with van der Waals surface area (Å²) in [7, 11) is 0. The molecule has 11 heteroatoms. The minimum absolute atomic E-state index is 0.00311. The van der Waals surface area contributed by atoms with Crippen molar-refractivity contribution in [3.8, 4) is 0 Å². The zero-order chi connectivity index (χ0) is 19.7. The summed E-state index contributed by atoms with van der Waals surface area (Å²) in [5.41, 5.74) is 8.06. The predicted molar refractivity (Wildman–Crippen MR) is 105 cm³/mol. The minimum atomic E-state index is -1.48. The van der Waals surface area contributed by atoms with Gasteiger partial charge in [-0.1, -0.05) is 23.4 Å². The van der Waals surface area contributed by atoms with E-state index in [1.165, 1.54) is 11.8 Å². The van der Waals surface area contributed by atoms with Crippen molar-refractivity contribution in [1.82, 2.24) is 14.7 Å². The summed E-state index contributed by atoms with van der Waals surface area (Å²) in [6.07, 6.45) is 0.654. The van der Waals surface area contributed by atoms with Gasteiger partial charge in [0.05, 0.1) is 19.4 Å². The molecule has 0 aliphatic carbocycles. The van der Waals surface area contributed by atoms with Gasteiger partial charge < -0.3 is 20.5 Å². The van der Waals surface area contributed by atoms with E-state index in [9.17, 15) is 9.59 Å². The van der Waals surface area contributed by atoms with Crippen LogP contribution >= 0.6 is 34.9 Å². The van der Waals surface area contributed by atoms with E-state index >= 15 is 0 Å². The number of nitrogen functional groups attached to an aromatic ring is 1. The highest BCUT2D eigenvalue weighted by Crippen LogP contribution is 2.39. The lowest BCUT2D eigenvalue weighted by Crippen LogP contribution is -2.43. The van der Waals surface area contributed by atoms with Crippen LogP contribution in [-0.4, -0.2) is 34.4 Å². The second kappa shape index (κ2) is 7.86. The number of rotatable bonds is 3. The second-order valence-electron chi connectivity index (χ2n) is 6.38. The number of benzene rings is 1. The van der Waals surface area contributed by atoms with Crippen LogP contribution in [0.25, 0.3) is 0 Å². The minimum Gasteiger partial charge on any atom is -0.416 e. The molecule has 28 heavy (non-hydrogen) atoms. The fourth-order valence-corrected chi connectivity index (χ4v) is 5.13. The Morgan fingerprint density at radius 1 is 1.25 bits per heavy atom. The number of fused-ring (bicyclic) bond motifs is 2. The molecule has 2 aliphatic heterocycles. The Morgan fingerprint density at radius 2 is 2.00 bits per heavy atom. The first-order valence-electron chi connectivity index (χ1n) is 8.64. The number of esters is 2. The summed E-state index contributed by atoms with van der Waals surface area (Å²) in [6, 6.07) is 3.50. The highest BCUT2D eigenvalue weighted by molar-refractivity contribution is 7.98. The first kappa shape index (κ1) is 19.4. The van der Waals surface area contributed by atoms with Crippen molar-refractivity contribution in [2.24, 2.45) is 0 Å². The number of hydrogen-bond acceptors (Lipinski definition) is 10. The molecule has 1 saturated heterocycles. The van der Waals surface area contributed by atoms with Crippen molar-refractivity contribution in [1.29, 1.82) is 0 Å². The number of aromatic nitrogens is 2. The van der Waals surface area contributed by atoms with E-state index in [1.54, 1.807) is 12.1 Å². The van der Waals surface area contributed by atoms with Gasteiger partial charge in [0.25, 0.3) is 5.79 Å². The molecule has 1 spiro atoms. The lowest BCUT2D eigenvalue weighted by atomic mass is 9.94. The first-order chi connectivity index (χ1) is 13.5. The fourth-order valence-electron chi connectivity index (χ4n) is 3.32. The average molecular weight is 441 g/mol. The molecule has 3 heterocycles. The van der Waals surface area contributed by atoms with E-state index in [-0.39, 0.29) is 19.4 Å². The molecule has 0 saturated carbocycles. The van der Waals surface area contributed by atoms with Gasteiger partial charge in [0.1, 0.15) is 0 Å². The number of nitrogens with zero attached hydrogens (tertiary/aromatic N) is 2. The molecule has 1 fully saturated rings. The van der Waals surface area contributed by atoms with Crippen LogP contribution in [0.1, 0.15) is 29.5 Å². The molecule has 1 aromatic carbocycles. The van der Waals surface area contributed by atoms with Crippen molar-refractivity contribution in [3.63, 3.8) is 0 Å². The summed E-state index contributed by atoms with van der Waals surface area (Å²) < 4.78 is 15.5. The first-order valence-corrected chi connectivity index (χ1v) is 10.8. The number of carbonyl (C=O) groups excluding carboxylic acids is 2. The van der Waals surface area contributed by atoms with Gasteiger partial charge in [-0.2, -0.15) is 9.36 Å². The number of carbonyl (C=O) groups is 2. The van der Waals surface area contributed by atoms with Crippen LogP contribution in [0.15, 0.2) is 17.3 Å². The molecule has 0 unspecified atom stereocenters. The van der Waals surface area contributed by atoms with Crippen molar-refractivity contribution in [2.75, 3.05) is 18.8 Å². The van der Waals surface area contributed by atoms with Gasteiger partial charge in [0.15, 0.2) is 0 Å². The Hall–Kier alpha value is -1.88. The normalized spacial score (nSPS) is 18.8. The van der Waals surface area contributed by atoms with E-state index in [1.807, 2.05) is 0 Å². The smallest absolute Gasteiger partial charge is 0.309 e. The molecule has 2 aromatic rings. The molecule has 0 radical (unpaired) electrons. The largest absolute Gasteiger partial charge is 0.416 e. The lowest BCUT2D eigenvalue weighted by molar-refractivity contribution is -0.225. The van der Waals surface area contributed by atoms with Crippen LogP contribution in [0.2, 0.25) is 5.02 Å². The highest BCUT2D eigenvalue weighted by atomic mass is 35.5. The molecule has 0 atom stereocenters. The maximum absolute atomic E-state index is 12.1. The Labute approximate surface area is 174 Å². The molecule has 0 bridgehead atoms. The van der Waals surface area contributed by atoms with Crippen molar-refractivity contribution >= 4 is 52.0 Å². The topological polar surface area (TPSA) is 116 Å². The van der Waals surface area contributed by atoms with Crippen LogP contribution in [0.3, 0.4) is 0 Å². The molecular formula is C17H17ClN4O4S2. The summed E-state index contributed by atoms with van der Waals surface area (Å²) in [5.74, 6) is -1.90. The van der Waals surface area contributed by atoms with Gasteiger partial charge >= 0.3 is 11.9 Å². The third-order valence-electron chi connectivity index (χ3n) is 4.55. The molecule has 148 valence electrons. The van der Waals surface area contributed by atoms with Gasteiger partial charge in [-0.3, -0.25) is 9.59 Å². The number of thioether (sulfide) groups is 1. The summed E-state index contributed by atoms with van der Waals surface area (Å²) in [4.78, 5) is 28.5. The third-order valence-corrected chi connectivity index (χ3v) is 6.44. The van der Waals surface area contributed by atoms with E-state index in [0.29, 0.717) is 39.6 Å². The third kappa shape index (κ3) is 3.82. The molecule has 2 aliphatic rings. The standard InChI is InChI=1S/C17H17ClN4O4S2/c18-12-2-1-11-9(10(12)7-27-16-21-15(19)28-22-16)5-6-20-8-17(11)25-13(23)3-4-14(24)26-17/h1-2,20H,3-8H2,(H2,19,21,22). The van der Waals surface area contributed by atoms with Crippen molar-refractivity contribution in [3.05, 3.63) is 33.8 Å². The summed E-state index contributed by atoms with van der Waals surface area (Å²) >= 11 is 9.04. The Balaban J connectivity index is 1.74. The van der Waals surface area contributed by atoms with Crippen LogP contribution in [0.4, 0.5) is 5.13 Å². The Morgan fingerprint density at radius 3 is 2.68 bits per heavy atom. The van der Waals surface area contributed by atoms with Gasteiger partial charge in [-0.15, -0.1) is 0 Å². The molecule has 8 nitrogen and oxygen atoms in total. The van der Waals surface area contributed by atoms with Crippen molar-refractivity contribution < 1.29 is 19.1 Å². The second-order valence-corrected chi connectivity index (χ2v) is 8.52. The fraction of sp³-hybridized carbons (Fsp3) is 0.412. The van der Waals surface area contributed by atoms with Crippen LogP contribution < -0.4 is 11.1 Å². The Bertz CT molecular complexity index is 918. The predicted octanol–water partition coefficient (Wildman–Crippen LogP) is 2.24. The Kier molecular flexibility index (Phi) is 5.46. The monoisotopic (exact) mass is 440 g/mol. The van der Waals surface area contributed by atoms with E-state index in [0.717, 1.165) is 22.7 Å². The molecular weight excluding hydrogens is 424 g/mol. The molecule has 3 N–H and O–H groups in total. The zero-order valence-corrected chi connectivity index (χ0v) is 17.1. The van der Waals surface area contributed by atoms with Crippen LogP contribution in [0, 0.1) is 0 Å². The molecule has 4 rings (SSSR count). The number of ether oxygens (including phenoxy) is 2. The molecule has 1 aromatic heterocycles. The molecule has 0 amide bonds. The lowest BCUT2D eigenvalue weighted by Gasteiger charge is -2.32. The van der Waals surface area contributed by atoms with Gasteiger partial charge in [0, 0.05) is 27.9 Å². The van der Waals surface area contributed by atoms with Gasteiger partial charge in [-0.25, -0.2) is 0 Å². The van der Waals surface area contributed by atoms with E-state index < -0.39 is 17.7 Å². The summed E-state index contributed by atoms with van der Waals surface area (Å²) in [5, 5.41) is 4.76. The van der Waals surface area contributed by atoms with Crippen molar-refractivity contribution in [2.45, 2.75) is 36.0 Å². The van der Waals surface area contributed by atoms with Crippen LogP contribution in [-0.2, 0) is 37.0 Å². The number of anilines is 1. The number of nitrogens with two attached hydrogens (primary N) is 1. The number of halogens is 1. The number of hydrogen-bond donors (Lipinski definition) is 2. The van der Waals surface area contributed by atoms with Crippen LogP contribution in [0.5, 0.6) is 0 Å². The SMILES string of the molecule is Nc1nc(SCc2c(Cl)ccc3c2CCNCC32OC(=O)CCC(=O)O2)ns1. The quantitative estimate of drug-likeness (QED) is 0.547. The number of nitrogens with one attached hydrogen (secondary N) is 1. The van der Waals surface area contributed by atoms with Gasteiger partial charge in [0.2, 0.25) is 10.3 Å². The van der Waals surface area contributed by atoms with Gasteiger partial charge in [-0.05, 0) is 36.2 Å².